The van der Waals surface area contributed by atoms with Gasteiger partial charge in [-0.05, 0) is 30.2 Å². The predicted molar refractivity (Wildman–Crippen MR) is 81.2 cm³/mol. The summed E-state index contributed by atoms with van der Waals surface area (Å²) in [6.07, 6.45) is 8.16. The van der Waals surface area contributed by atoms with Crippen LogP contribution in [0, 0.1) is 11.8 Å². The van der Waals surface area contributed by atoms with Crippen LogP contribution in [0.5, 0.6) is 0 Å². The first-order chi connectivity index (χ1) is 9.74. The topological polar surface area (TPSA) is 26.3 Å². The number of ether oxygens (including phenoxy) is 1. The lowest BCUT2D eigenvalue weighted by Gasteiger charge is -2.25. The van der Waals surface area contributed by atoms with Crippen LogP contribution in [-0.2, 0) is 16.1 Å². The molecule has 2 nitrogen and oxygen atoms in total. The summed E-state index contributed by atoms with van der Waals surface area (Å²) in [4.78, 5) is 11.7. The lowest BCUT2D eigenvalue weighted by Crippen LogP contribution is -2.13. The van der Waals surface area contributed by atoms with Gasteiger partial charge in [-0.1, -0.05) is 62.9 Å². The molecule has 0 spiro atoms. The number of carbonyl (C=O) groups excluding carboxylic acids is 1. The summed E-state index contributed by atoms with van der Waals surface area (Å²) in [5.41, 5.74) is 1.06. The van der Waals surface area contributed by atoms with Crippen molar-refractivity contribution in [3.63, 3.8) is 0 Å². The van der Waals surface area contributed by atoms with Gasteiger partial charge in [0.15, 0.2) is 0 Å². The summed E-state index contributed by atoms with van der Waals surface area (Å²) in [5.74, 6) is 1.69. The minimum absolute atomic E-state index is 0.0574. The maximum Gasteiger partial charge on any atom is 0.306 e. The van der Waals surface area contributed by atoms with E-state index >= 15 is 0 Å². The summed E-state index contributed by atoms with van der Waals surface area (Å²) < 4.78 is 5.30. The summed E-state index contributed by atoms with van der Waals surface area (Å²) in [7, 11) is 0. The first-order valence-electron chi connectivity index (χ1n) is 7.93. The fraction of sp³-hybridized carbons (Fsp3) is 0.611. The molecule has 0 saturated heterocycles. The quantitative estimate of drug-likeness (QED) is 0.701. The number of benzene rings is 1. The summed E-state index contributed by atoms with van der Waals surface area (Å²) in [5, 5.41) is 0. The van der Waals surface area contributed by atoms with Gasteiger partial charge in [0, 0.05) is 6.42 Å². The molecule has 0 N–H and O–H groups in total. The Morgan fingerprint density at radius 1 is 1.15 bits per heavy atom. The fourth-order valence-electron chi connectivity index (χ4n) is 2.96. The van der Waals surface area contributed by atoms with Crippen molar-refractivity contribution in [2.75, 3.05) is 0 Å². The summed E-state index contributed by atoms with van der Waals surface area (Å²) >= 11 is 0. The van der Waals surface area contributed by atoms with E-state index in [4.69, 9.17) is 4.74 Å². The van der Waals surface area contributed by atoms with Gasteiger partial charge in [-0.3, -0.25) is 4.79 Å². The third-order valence-corrected chi connectivity index (χ3v) is 4.37. The normalized spacial score (nSPS) is 22.4. The van der Waals surface area contributed by atoms with Crippen LogP contribution in [0.25, 0.3) is 0 Å². The van der Waals surface area contributed by atoms with Crippen molar-refractivity contribution in [3.05, 3.63) is 35.9 Å². The number of esters is 1. The van der Waals surface area contributed by atoms with Crippen LogP contribution in [0.3, 0.4) is 0 Å². The molecule has 1 fully saturated rings. The highest BCUT2D eigenvalue weighted by Crippen LogP contribution is 2.31. The number of carbonyl (C=O) groups is 1. The van der Waals surface area contributed by atoms with Gasteiger partial charge in [-0.2, -0.15) is 0 Å². The van der Waals surface area contributed by atoms with E-state index in [9.17, 15) is 4.79 Å². The molecule has 1 aromatic carbocycles. The van der Waals surface area contributed by atoms with Crippen LogP contribution in [-0.4, -0.2) is 5.97 Å². The van der Waals surface area contributed by atoms with E-state index in [2.05, 4.69) is 6.92 Å². The zero-order chi connectivity index (χ0) is 14.2. The van der Waals surface area contributed by atoms with E-state index in [1.54, 1.807) is 0 Å². The molecular formula is C18H26O2. The first-order valence-corrected chi connectivity index (χ1v) is 7.93. The van der Waals surface area contributed by atoms with E-state index < -0.39 is 0 Å². The van der Waals surface area contributed by atoms with Gasteiger partial charge in [0.05, 0.1) is 0 Å². The van der Waals surface area contributed by atoms with Gasteiger partial charge in [0.1, 0.15) is 6.61 Å². The summed E-state index contributed by atoms with van der Waals surface area (Å²) in [6.45, 7) is 2.75. The second-order valence-corrected chi connectivity index (χ2v) is 6.16. The molecule has 0 aliphatic heterocycles. The molecule has 1 saturated carbocycles. The highest BCUT2D eigenvalue weighted by atomic mass is 16.5. The molecule has 0 heterocycles. The van der Waals surface area contributed by atoms with Crippen LogP contribution in [0.4, 0.5) is 0 Å². The minimum atomic E-state index is -0.0574. The fourth-order valence-corrected chi connectivity index (χ4v) is 2.96. The van der Waals surface area contributed by atoms with E-state index in [0.717, 1.165) is 23.8 Å². The zero-order valence-corrected chi connectivity index (χ0v) is 12.5. The van der Waals surface area contributed by atoms with E-state index in [0.29, 0.717) is 13.0 Å². The SMILES string of the molecule is CC1CCC(CCCC(=O)OCc2ccccc2)CC1. The maximum absolute atomic E-state index is 11.7. The Morgan fingerprint density at radius 3 is 2.55 bits per heavy atom. The van der Waals surface area contributed by atoms with Crippen molar-refractivity contribution in [3.8, 4) is 0 Å². The Hall–Kier alpha value is -1.31. The molecule has 20 heavy (non-hydrogen) atoms. The average molecular weight is 274 g/mol. The maximum atomic E-state index is 11.7. The highest BCUT2D eigenvalue weighted by molar-refractivity contribution is 5.69. The van der Waals surface area contributed by atoms with Gasteiger partial charge in [-0.15, -0.1) is 0 Å². The molecule has 1 aromatic rings. The van der Waals surface area contributed by atoms with Gasteiger partial charge < -0.3 is 4.74 Å². The lowest BCUT2D eigenvalue weighted by molar-refractivity contribution is -0.145. The standard InChI is InChI=1S/C18H26O2/c1-15-10-12-16(13-11-15)8-5-9-18(19)20-14-17-6-3-2-4-7-17/h2-4,6-7,15-16H,5,8-14H2,1H3. The first kappa shape index (κ1) is 15.1. The third kappa shape index (κ3) is 5.36. The van der Waals surface area contributed by atoms with Gasteiger partial charge in [0.2, 0.25) is 0 Å². The highest BCUT2D eigenvalue weighted by Gasteiger charge is 2.18. The summed E-state index contributed by atoms with van der Waals surface area (Å²) in [6, 6.07) is 9.86. The predicted octanol–water partition coefficient (Wildman–Crippen LogP) is 4.73. The number of hydrogen-bond acceptors (Lipinski definition) is 2. The van der Waals surface area contributed by atoms with Crippen LogP contribution < -0.4 is 0 Å². The molecule has 0 atom stereocenters. The van der Waals surface area contributed by atoms with Gasteiger partial charge in [-0.25, -0.2) is 0 Å². The average Bonchev–Trinajstić information content (AvgIpc) is 2.48. The Kier molecular flexibility index (Phi) is 6.10. The third-order valence-electron chi connectivity index (χ3n) is 4.37. The van der Waals surface area contributed by atoms with Crippen molar-refractivity contribution in [2.24, 2.45) is 11.8 Å². The molecule has 0 unspecified atom stereocenters. The molecule has 0 bridgehead atoms. The monoisotopic (exact) mass is 274 g/mol. The second-order valence-electron chi connectivity index (χ2n) is 6.16. The van der Waals surface area contributed by atoms with E-state index in [-0.39, 0.29) is 5.97 Å². The van der Waals surface area contributed by atoms with Crippen molar-refractivity contribution >= 4 is 5.97 Å². The molecule has 0 radical (unpaired) electrons. The number of rotatable bonds is 6. The Balaban J connectivity index is 1.56. The van der Waals surface area contributed by atoms with E-state index in [1.165, 1.54) is 32.1 Å². The Morgan fingerprint density at radius 2 is 1.85 bits per heavy atom. The van der Waals surface area contributed by atoms with Gasteiger partial charge >= 0.3 is 5.97 Å². The smallest absolute Gasteiger partial charge is 0.306 e. The van der Waals surface area contributed by atoms with Crippen LogP contribution in [0.2, 0.25) is 0 Å². The molecular weight excluding hydrogens is 248 g/mol. The minimum Gasteiger partial charge on any atom is -0.461 e. The molecule has 2 rings (SSSR count). The second kappa shape index (κ2) is 8.08. The van der Waals surface area contributed by atoms with Crippen LogP contribution >= 0.6 is 0 Å². The van der Waals surface area contributed by atoms with Crippen molar-refractivity contribution in [1.29, 1.82) is 0 Å². The largest absolute Gasteiger partial charge is 0.461 e. The molecule has 1 aliphatic carbocycles. The molecule has 1 aliphatic rings. The van der Waals surface area contributed by atoms with Crippen molar-refractivity contribution in [2.45, 2.75) is 58.5 Å². The molecule has 110 valence electrons. The lowest BCUT2D eigenvalue weighted by atomic mass is 9.81. The zero-order valence-electron chi connectivity index (χ0n) is 12.5. The Bertz CT molecular complexity index is 391. The Labute approximate surface area is 122 Å². The molecule has 0 amide bonds. The van der Waals surface area contributed by atoms with Crippen LogP contribution in [0.15, 0.2) is 30.3 Å². The van der Waals surface area contributed by atoms with Crippen LogP contribution in [0.1, 0.15) is 57.4 Å². The molecule has 2 heteroatoms. The van der Waals surface area contributed by atoms with Crippen molar-refractivity contribution < 1.29 is 9.53 Å². The molecule has 0 aromatic heterocycles. The number of hydrogen-bond donors (Lipinski definition) is 0. The van der Waals surface area contributed by atoms with Gasteiger partial charge in [0.25, 0.3) is 0 Å². The van der Waals surface area contributed by atoms with E-state index in [1.807, 2.05) is 30.3 Å². The van der Waals surface area contributed by atoms with Crippen molar-refractivity contribution in [1.82, 2.24) is 0 Å².